The van der Waals surface area contributed by atoms with Crippen LogP contribution in [0, 0.1) is 11.8 Å². The van der Waals surface area contributed by atoms with Gasteiger partial charge in [0.2, 0.25) is 0 Å². The van der Waals surface area contributed by atoms with Crippen molar-refractivity contribution in [2.24, 2.45) is 16.8 Å². The van der Waals surface area contributed by atoms with Crippen LogP contribution < -0.4 is 10.6 Å². The van der Waals surface area contributed by atoms with Gasteiger partial charge in [0.05, 0.1) is 0 Å². The van der Waals surface area contributed by atoms with Crippen LogP contribution in [0.1, 0.15) is 70.6 Å². The first-order valence-corrected chi connectivity index (χ1v) is 10.5. The Bertz CT molecular complexity index is 443. The molecule has 2 heterocycles. The number of hydrogen-bond donors (Lipinski definition) is 2. The fourth-order valence-corrected chi connectivity index (χ4v) is 5.74. The van der Waals surface area contributed by atoms with Crippen molar-refractivity contribution >= 4 is 5.96 Å². The fraction of sp³-hybridized carbons (Fsp3) is 0.950. The lowest BCUT2D eigenvalue weighted by atomic mass is 9.82. The van der Waals surface area contributed by atoms with Crippen molar-refractivity contribution in [2.75, 3.05) is 14.1 Å². The van der Waals surface area contributed by atoms with Crippen LogP contribution in [0.15, 0.2) is 4.99 Å². The summed E-state index contributed by atoms with van der Waals surface area (Å²) in [7, 11) is 4.26. The Hall–Kier alpha value is -0.770. The van der Waals surface area contributed by atoms with Crippen molar-refractivity contribution in [3.05, 3.63) is 0 Å². The maximum absolute atomic E-state index is 4.54. The first-order valence-electron chi connectivity index (χ1n) is 10.5. The third-order valence-corrected chi connectivity index (χ3v) is 7.32. The van der Waals surface area contributed by atoms with E-state index in [4.69, 9.17) is 0 Å². The lowest BCUT2D eigenvalue weighted by molar-refractivity contribution is 0.0526. The summed E-state index contributed by atoms with van der Waals surface area (Å²) in [5, 5.41) is 7.50. The lowest BCUT2D eigenvalue weighted by Crippen LogP contribution is -2.56. The van der Waals surface area contributed by atoms with E-state index in [-0.39, 0.29) is 0 Å². The van der Waals surface area contributed by atoms with E-state index in [1.54, 1.807) is 0 Å². The van der Waals surface area contributed by atoms with Crippen molar-refractivity contribution in [3.63, 3.8) is 0 Å². The zero-order chi connectivity index (χ0) is 16.5. The SMILES string of the molecule is CN=C(NC1CC2CCCC(C1)N2C)NC1CC1C1CCCCC1. The Balaban J connectivity index is 1.26. The van der Waals surface area contributed by atoms with Crippen LogP contribution in [0.4, 0.5) is 0 Å². The molecule has 2 aliphatic heterocycles. The highest BCUT2D eigenvalue weighted by molar-refractivity contribution is 5.80. The minimum absolute atomic E-state index is 0.606. The number of guanidine groups is 1. The number of hydrogen-bond acceptors (Lipinski definition) is 2. The molecule has 0 spiro atoms. The monoisotopic (exact) mass is 332 g/mol. The molecule has 0 radical (unpaired) electrons. The highest BCUT2D eigenvalue weighted by atomic mass is 15.2. The molecule has 4 unspecified atom stereocenters. The number of aliphatic imine (C=N–C) groups is 1. The van der Waals surface area contributed by atoms with Gasteiger partial charge in [-0.2, -0.15) is 0 Å². The molecule has 2 aliphatic carbocycles. The van der Waals surface area contributed by atoms with Crippen molar-refractivity contribution < 1.29 is 0 Å². The van der Waals surface area contributed by atoms with Crippen molar-refractivity contribution in [3.8, 4) is 0 Å². The van der Waals surface area contributed by atoms with Gasteiger partial charge in [0.15, 0.2) is 5.96 Å². The molecule has 4 aliphatic rings. The molecule has 24 heavy (non-hydrogen) atoms. The van der Waals surface area contributed by atoms with Gasteiger partial charge >= 0.3 is 0 Å². The summed E-state index contributed by atoms with van der Waals surface area (Å²) in [6, 6.07) is 2.85. The molecule has 4 nitrogen and oxygen atoms in total. The van der Waals surface area contributed by atoms with Gasteiger partial charge in [-0.3, -0.25) is 4.99 Å². The predicted octanol–water partition coefficient (Wildman–Crippen LogP) is 3.14. The van der Waals surface area contributed by atoms with E-state index < -0.39 is 0 Å². The van der Waals surface area contributed by atoms with E-state index in [1.807, 2.05) is 7.05 Å². The average molecular weight is 333 g/mol. The molecule has 4 heteroatoms. The largest absolute Gasteiger partial charge is 0.354 e. The van der Waals surface area contributed by atoms with Crippen LogP contribution >= 0.6 is 0 Å². The molecule has 0 aromatic rings. The second-order valence-electron chi connectivity index (χ2n) is 8.84. The van der Waals surface area contributed by atoms with E-state index in [1.165, 1.54) is 70.6 Å². The van der Waals surface area contributed by atoms with Gasteiger partial charge in [-0.25, -0.2) is 0 Å². The molecule has 4 fully saturated rings. The summed E-state index contributed by atoms with van der Waals surface area (Å²) < 4.78 is 0. The van der Waals surface area contributed by atoms with Crippen LogP contribution in [0.25, 0.3) is 0 Å². The summed E-state index contributed by atoms with van der Waals surface area (Å²) in [4.78, 5) is 7.17. The van der Waals surface area contributed by atoms with Gasteiger partial charge in [-0.1, -0.05) is 38.5 Å². The summed E-state index contributed by atoms with van der Waals surface area (Å²) in [6.07, 6.45) is 15.4. The number of fused-ring (bicyclic) bond motifs is 2. The highest BCUT2D eigenvalue weighted by Crippen LogP contribution is 2.44. The zero-order valence-corrected chi connectivity index (χ0v) is 15.6. The van der Waals surface area contributed by atoms with Crippen LogP contribution in [0.3, 0.4) is 0 Å². The van der Waals surface area contributed by atoms with Crippen LogP contribution in [-0.2, 0) is 0 Å². The number of nitrogens with one attached hydrogen (secondary N) is 2. The molecule has 2 saturated carbocycles. The molecule has 2 bridgehead atoms. The Morgan fingerprint density at radius 2 is 1.58 bits per heavy atom. The maximum Gasteiger partial charge on any atom is 0.191 e. The van der Waals surface area contributed by atoms with Crippen molar-refractivity contribution in [1.82, 2.24) is 15.5 Å². The molecule has 0 aromatic heterocycles. The molecule has 136 valence electrons. The van der Waals surface area contributed by atoms with Crippen molar-refractivity contribution in [2.45, 2.75) is 94.8 Å². The highest BCUT2D eigenvalue weighted by Gasteiger charge is 2.44. The van der Waals surface area contributed by atoms with E-state index in [0.717, 1.165) is 29.9 Å². The van der Waals surface area contributed by atoms with E-state index in [2.05, 4.69) is 27.6 Å². The van der Waals surface area contributed by atoms with Crippen molar-refractivity contribution in [1.29, 1.82) is 0 Å². The Labute approximate surface area is 147 Å². The first-order chi connectivity index (χ1) is 11.7. The Morgan fingerprint density at radius 1 is 0.875 bits per heavy atom. The topological polar surface area (TPSA) is 39.7 Å². The molecule has 4 rings (SSSR count). The molecule has 0 amide bonds. The van der Waals surface area contributed by atoms with Crippen LogP contribution in [0.5, 0.6) is 0 Å². The molecular weight excluding hydrogens is 296 g/mol. The smallest absolute Gasteiger partial charge is 0.191 e. The van der Waals surface area contributed by atoms with Gasteiger partial charge in [0, 0.05) is 31.2 Å². The Kier molecular flexibility index (Phi) is 5.03. The second kappa shape index (κ2) is 7.23. The third-order valence-electron chi connectivity index (χ3n) is 7.32. The molecule has 2 saturated heterocycles. The fourth-order valence-electron chi connectivity index (χ4n) is 5.74. The molecule has 2 N–H and O–H groups in total. The number of nitrogens with zero attached hydrogens (tertiary/aromatic N) is 2. The van der Waals surface area contributed by atoms with Crippen LogP contribution in [-0.4, -0.2) is 49.1 Å². The molecular formula is C20H36N4. The van der Waals surface area contributed by atoms with E-state index >= 15 is 0 Å². The standard InChI is InChI=1S/C20H36N4/c1-21-20(23-19-13-18(19)14-7-4-3-5-8-14)22-15-11-16-9-6-10-17(12-15)24(16)2/h14-19H,3-13H2,1-2H3,(H2,21,22,23). The minimum atomic E-state index is 0.606. The summed E-state index contributed by atoms with van der Waals surface area (Å²) >= 11 is 0. The van der Waals surface area contributed by atoms with Gasteiger partial charge in [-0.15, -0.1) is 0 Å². The summed E-state index contributed by atoms with van der Waals surface area (Å²) in [6.45, 7) is 0. The normalized spacial score (nSPS) is 41.1. The number of piperidine rings is 2. The lowest BCUT2D eigenvalue weighted by Gasteiger charge is -2.47. The molecule has 0 aromatic carbocycles. The number of rotatable bonds is 3. The third kappa shape index (κ3) is 3.58. The average Bonchev–Trinajstić information content (AvgIpc) is 3.35. The summed E-state index contributed by atoms with van der Waals surface area (Å²) in [5.41, 5.74) is 0. The molecule has 4 atom stereocenters. The first kappa shape index (κ1) is 16.7. The minimum Gasteiger partial charge on any atom is -0.354 e. The van der Waals surface area contributed by atoms with Gasteiger partial charge in [0.25, 0.3) is 0 Å². The second-order valence-corrected chi connectivity index (χ2v) is 8.84. The summed E-state index contributed by atoms with van der Waals surface area (Å²) in [5.74, 6) is 2.96. The van der Waals surface area contributed by atoms with Crippen LogP contribution in [0.2, 0.25) is 0 Å². The van der Waals surface area contributed by atoms with E-state index in [9.17, 15) is 0 Å². The Morgan fingerprint density at radius 3 is 2.25 bits per heavy atom. The maximum atomic E-state index is 4.54. The van der Waals surface area contributed by atoms with Gasteiger partial charge < -0.3 is 15.5 Å². The van der Waals surface area contributed by atoms with Gasteiger partial charge in [-0.05, 0) is 51.0 Å². The van der Waals surface area contributed by atoms with E-state index in [0.29, 0.717) is 12.1 Å². The van der Waals surface area contributed by atoms with Gasteiger partial charge in [0.1, 0.15) is 0 Å². The predicted molar refractivity (Wildman–Crippen MR) is 100 cm³/mol. The zero-order valence-electron chi connectivity index (χ0n) is 15.6. The quantitative estimate of drug-likeness (QED) is 0.616.